The first kappa shape index (κ1) is 13.8. The molecule has 0 radical (unpaired) electrons. The van der Waals surface area contributed by atoms with Crippen molar-refractivity contribution in [3.05, 3.63) is 59.7 Å². The van der Waals surface area contributed by atoms with E-state index in [0.29, 0.717) is 11.5 Å². The zero-order valence-electron chi connectivity index (χ0n) is 11.6. The number of cyclic esters (lactones) is 1. The Hall–Kier alpha value is -3.15. The lowest BCUT2D eigenvalue weighted by Crippen LogP contribution is -2.04. The van der Waals surface area contributed by atoms with Crippen molar-refractivity contribution in [2.45, 2.75) is 6.92 Å². The summed E-state index contributed by atoms with van der Waals surface area (Å²) >= 11 is 0. The van der Waals surface area contributed by atoms with Gasteiger partial charge in [-0.15, -0.1) is 0 Å². The predicted octanol–water partition coefficient (Wildman–Crippen LogP) is 2.55. The van der Waals surface area contributed by atoms with Gasteiger partial charge in [0, 0.05) is 6.92 Å². The van der Waals surface area contributed by atoms with Crippen LogP contribution in [0.1, 0.15) is 18.2 Å². The van der Waals surface area contributed by atoms with Gasteiger partial charge >= 0.3 is 11.9 Å². The Morgan fingerprint density at radius 3 is 2.64 bits per heavy atom. The molecular formula is C16H11NO5. The highest BCUT2D eigenvalue weighted by Crippen LogP contribution is 2.20. The third kappa shape index (κ3) is 2.95. The van der Waals surface area contributed by atoms with Gasteiger partial charge in [0.25, 0.3) is 5.90 Å². The number of furan rings is 1. The van der Waals surface area contributed by atoms with Crippen LogP contribution in [0.4, 0.5) is 0 Å². The highest BCUT2D eigenvalue weighted by atomic mass is 16.6. The Kier molecular flexibility index (Phi) is 3.57. The zero-order valence-corrected chi connectivity index (χ0v) is 11.6. The third-order valence-corrected chi connectivity index (χ3v) is 2.80. The fraction of sp³-hybridized carbons (Fsp3) is 0.0625. The summed E-state index contributed by atoms with van der Waals surface area (Å²) in [5, 5.41) is 0. The molecule has 6 nitrogen and oxygen atoms in total. The number of ether oxygens (including phenoxy) is 2. The maximum absolute atomic E-state index is 11.8. The first-order chi connectivity index (χ1) is 10.6. The van der Waals surface area contributed by atoms with E-state index in [0.717, 1.165) is 5.56 Å². The Labute approximate surface area is 125 Å². The van der Waals surface area contributed by atoms with Gasteiger partial charge in [0.1, 0.15) is 5.75 Å². The second-order valence-corrected chi connectivity index (χ2v) is 4.48. The molecule has 0 saturated heterocycles. The summed E-state index contributed by atoms with van der Waals surface area (Å²) in [5.41, 5.74) is 0.902. The molecule has 0 spiro atoms. The normalized spacial score (nSPS) is 15.6. The lowest BCUT2D eigenvalue weighted by molar-refractivity contribution is -0.132. The maximum atomic E-state index is 11.8. The van der Waals surface area contributed by atoms with Gasteiger partial charge in [-0.3, -0.25) is 4.79 Å². The van der Waals surface area contributed by atoms with E-state index < -0.39 is 11.9 Å². The molecule has 0 atom stereocenters. The van der Waals surface area contributed by atoms with Gasteiger partial charge in [0.2, 0.25) is 0 Å². The topological polar surface area (TPSA) is 78.1 Å². The van der Waals surface area contributed by atoms with Crippen molar-refractivity contribution in [3.63, 3.8) is 0 Å². The molecule has 2 aromatic rings. The number of esters is 2. The molecule has 1 aliphatic rings. The first-order valence-electron chi connectivity index (χ1n) is 6.47. The number of rotatable bonds is 3. The molecule has 110 valence electrons. The van der Waals surface area contributed by atoms with E-state index >= 15 is 0 Å². The van der Waals surface area contributed by atoms with Crippen molar-refractivity contribution in [3.8, 4) is 5.75 Å². The van der Waals surface area contributed by atoms with Crippen molar-refractivity contribution in [2.24, 2.45) is 4.99 Å². The molecule has 6 heteroatoms. The average Bonchev–Trinajstić information content (AvgIpc) is 3.11. The monoisotopic (exact) mass is 297 g/mol. The van der Waals surface area contributed by atoms with Gasteiger partial charge in [0.15, 0.2) is 11.5 Å². The summed E-state index contributed by atoms with van der Waals surface area (Å²) in [4.78, 5) is 26.7. The number of hydrogen-bond acceptors (Lipinski definition) is 6. The molecule has 0 unspecified atom stereocenters. The molecule has 22 heavy (non-hydrogen) atoms. The largest absolute Gasteiger partial charge is 0.459 e. The summed E-state index contributed by atoms with van der Waals surface area (Å²) in [7, 11) is 0. The minimum absolute atomic E-state index is 0.137. The zero-order chi connectivity index (χ0) is 15.5. The minimum Gasteiger partial charge on any atom is -0.459 e. The summed E-state index contributed by atoms with van der Waals surface area (Å²) in [6.45, 7) is 1.33. The van der Waals surface area contributed by atoms with Crippen LogP contribution in [0.5, 0.6) is 5.75 Å². The second kappa shape index (κ2) is 5.69. The van der Waals surface area contributed by atoms with Gasteiger partial charge in [-0.1, -0.05) is 12.1 Å². The van der Waals surface area contributed by atoms with Crippen molar-refractivity contribution in [2.75, 3.05) is 0 Å². The van der Waals surface area contributed by atoms with E-state index in [1.807, 2.05) is 0 Å². The molecule has 1 aromatic heterocycles. The molecule has 3 rings (SSSR count). The highest BCUT2D eigenvalue weighted by Gasteiger charge is 2.25. The number of carbonyl (C=O) groups excluding carboxylic acids is 2. The van der Waals surface area contributed by atoms with Crippen LogP contribution < -0.4 is 4.74 Å². The van der Waals surface area contributed by atoms with Crippen LogP contribution in [-0.2, 0) is 14.3 Å². The van der Waals surface area contributed by atoms with E-state index in [4.69, 9.17) is 13.9 Å². The molecule has 1 aromatic carbocycles. The molecule has 0 N–H and O–H groups in total. The van der Waals surface area contributed by atoms with Crippen LogP contribution in [0.15, 0.2) is 57.8 Å². The lowest BCUT2D eigenvalue weighted by atomic mass is 10.2. The summed E-state index contributed by atoms with van der Waals surface area (Å²) < 4.78 is 15.1. The maximum Gasteiger partial charge on any atom is 0.363 e. The molecule has 0 amide bonds. The first-order valence-corrected chi connectivity index (χ1v) is 6.47. The van der Waals surface area contributed by atoms with Gasteiger partial charge in [-0.2, -0.15) is 0 Å². The quantitative estimate of drug-likeness (QED) is 0.494. The number of aliphatic imine (C=N–C) groups is 1. The summed E-state index contributed by atoms with van der Waals surface area (Å²) in [6.07, 6.45) is 3.05. The van der Waals surface area contributed by atoms with Gasteiger partial charge in [0.05, 0.1) is 6.26 Å². The Morgan fingerprint density at radius 1 is 1.23 bits per heavy atom. The fourth-order valence-corrected chi connectivity index (χ4v) is 1.87. The van der Waals surface area contributed by atoms with Gasteiger partial charge < -0.3 is 13.9 Å². The average molecular weight is 297 g/mol. The Bertz CT molecular complexity index is 769. The third-order valence-electron chi connectivity index (χ3n) is 2.80. The standard InChI is InChI=1S/C16H11NO5/c1-10(18)21-12-6-4-11(5-7-12)9-13-16(19)22-15(17-13)14-3-2-8-20-14/h2-9H,1H3. The van der Waals surface area contributed by atoms with E-state index in [-0.39, 0.29) is 11.6 Å². The van der Waals surface area contributed by atoms with Gasteiger partial charge in [-0.25, -0.2) is 9.79 Å². The van der Waals surface area contributed by atoms with Crippen LogP contribution in [0.2, 0.25) is 0 Å². The second-order valence-electron chi connectivity index (χ2n) is 4.48. The number of benzene rings is 1. The van der Waals surface area contributed by atoms with E-state index in [9.17, 15) is 9.59 Å². The van der Waals surface area contributed by atoms with Crippen molar-refractivity contribution >= 4 is 23.9 Å². The number of carbonyl (C=O) groups is 2. The number of nitrogens with zero attached hydrogens (tertiary/aromatic N) is 1. The highest BCUT2D eigenvalue weighted by molar-refractivity contribution is 6.11. The fourth-order valence-electron chi connectivity index (χ4n) is 1.87. The van der Waals surface area contributed by atoms with Crippen LogP contribution in [0.25, 0.3) is 6.08 Å². The van der Waals surface area contributed by atoms with Gasteiger partial charge in [-0.05, 0) is 35.9 Å². The van der Waals surface area contributed by atoms with Crippen molar-refractivity contribution < 1.29 is 23.5 Å². The predicted molar refractivity (Wildman–Crippen MR) is 77.1 cm³/mol. The smallest absolute Gasteiger partial charge is 0.363 e. The molecule has 1 aliphatic heterocycles. The molecule has 0 fully saturated rings. The van der Waals surface area contributed by atoms with E-state index in [2.05, 4.69) is 4.99 Å². The Morgan fingerprint density at radius 2 is 2.00 bits per heavy atom. The molecule has 2 heterocycles. The SMILES string of the molecule is CC(=O)Oc1ccc(C=C2N=C(c3ccco3)OC2=O)cc1. The van der Waals surface area contributed by atoms with E-state index in [1.54, 1.807) is 42.5 Å². The summed E-state index contributed by atoms with van der Waals surface area (Å²) in [6, 6.07) is 10.0. The van der Waals surface area contributed by atoms with Crippen LogP contribution in [0, 0.1) is 0 Å². The minimum atomic E-state index is -0.546. The Balaban J connectivity index is 1.82. The molecule has 0 bridgehead atoms. The van der Waals surface area contributed by atoms with Crippen LogP contribution >= 0.6 is 0 Å². The van der Waals surface area contributed by atoms with Crippen molar-refractivity contribution in [1.82, 2.24) is 0 Å². The lowest BCUT2D eigenvalue weighted by Gasteiger charge is -2.00. The molecule has 0 saturated carbocycles. The van der Waals surface area contributed by atoms with Crippen LogP contribution in [-0.4, -0.2) is 17.8 Å². The molecular weight excluding hydrogens is 286 g/mol. The summed E-state index contributed by atoms with van der Waals surface area (Å²) in [5.74, 6) is 0.0248. The van der Waals surface area contributed by atoms with Crippen molar-refractivity contribution in [1.29, 1.82) is 0 Å². The number of hydrogen-bond donors (Lipinski definition) is 0. The van der Waals surface area contributed by atoms with E-state index in [1.165, 1.54) is 13.2 Å². The molecule has 0 aliphatic carbocycles. The van der Waals surface area contributed by atoms with Crippen LogP contribution in [0.3, 0.4) is 0 Å².